The van der Waals surface area contributed by atoms with E-state index in [1.807, 2.05) is 0 Å². The summed E-state index contributed by atoms with van der Waals surface area (Å²) in [7, 11) is 1.17. The first-order valence-corrected chi connectivity index (χ1v) is 7.07. The summed E-state index contributed by atoms with van der Waals surface area (Å²) in [5.74, 6) is -0.907. The van der Waals surface area contributed by atoms with Crippen molar-refractivity contribution in [2.75, 3.05) is 19.5 Å². The van der Waals surface area contributed by atoms with Crippen LogP contribution in [0.3, 0.4) is 0 Å². The number of anilines is 1. The predicted octanol–water partition coefficient (Wildman–Crippen LogP) is -2.33. The minimum Gasteiger partial charge on any atom is -0.465 e. The number of H-pyrrole nitrogens is 1. The number of aromatic amines is 1. The molecule has 0 aromatic carbocycles. The van der Waals surface area contributed by atoms with Crippen molar-refractivity contribution in [2.24, 2.45) is 5.73 Å². The number of carbonyl (C=O) groups is 1. The van der Waals surface area contributed by atoms with E-state index in [4.69, 9.17) is 16.2 Å². The molecule has 24 heavy (non-hydrogen) atoms. The average molecular weight is 339 g/mol. The number of aliphatic hydroxyl groups is 2. The highest BCUT2D eigenvalue weighted by atomic mass is 16.5. The van der Waals surface area contributed by atoms with E-state index in [1.165, 1.54) is 17.9 Å². The molecule has 0 radical (unpaired) electrons. The highest BCUT2D eigenvalue weighted by Gasteiger charge is 2.43. The van der Waals surface area contributed by atoms with E-state index in [-0.39, 0.29) is 22.5 Å². The number of ether oxygens (including phenoxy) is 2. The lowest BCUT2D eigenvalue weighted by molar-refractivity contribution is -0.0435. The van der Waals surface area contributed by atoms with Crippen LogP contribution >= 0.6 is 0 Å². The molecule has 2 aromatic heterocycles. The van der Waals surface area contributed by atoms with Gasteiger partial charge in [-0.1, -0.05) is 0 Å². The molecule has 1 aliphatic rings. The number of carbonyl (C=O) groups excluding carboxylic acids is 1. The maximum Gasteiger partial charge on any atom is 0.340 e. The Labute approximate surface area is 134 Å². The number of hydrogen-bond acceptors (Lipinski definition) is 9. The van der Waals surface area contributed by atoms with Crippen molar-refractivity contribution in [3.8, 4) is 0 Å². The van der Waals surface area contributed by atoms with Gasteiger partial charge in [0.25, 0.3) is 5.56 Å². The second kappa shape index (κ2) is 5.87. The first kappa shape index (κ1) is 16.4. The number of aromatic nitrogens is 3. The topological polar surface area (TPSA) is 179 Å². The minimum atomic E-state index is -1.13. The maximum absolute atomic E-state index is 12.2. The molecule has 0 unspecified atom stereocenters. The van der Waals surface area contributed by atoms with Crippen LogP contribution in [0.4, 0.5) is 5.95 Å². The minimum absolute atomic E-state index is 0.0335. The van der Waals surface area contributed by atoms with Gasteiger partial charge in [0.1, 0.15) is 12.2 Å². The summed E-state index contributed by atoms with van der Waals surface area (Å²) in [5.41, 5.74) is 10.9. The second-order valence-corrected chi connectivity index (χ2v) is 5.41. The van der Waals surface area contributed by atoms with E-state index >= 15 is 0 Å². The van der Waals surface area contributed by atoms with Crippen LogP contribution in [0.1, 0.15) is 16.6 Å². The standard InChI is InChI=1S/C13H17N5O6/c1-23-12(22)4-2-18(9-6(4)10(21)17-13(15)16-9)11-7(14)8(20)5(3-19)24-11/h2,5,7-8,11,19-20H,3,14H2,1H3,(H3,15,16,17,21)/t5-,7+,8-,11-/m1/s1. The van der Waals surface area contributed by atoms with Crippen molar-refractivity contribution >= 4 is 23.0 Å². The summed E-state index contributed by atoms with van der Waals surface area (Å²) in [6.45, 7) is -0.440. The van der Waals surface area contributed by atoms with E-state index in [1.54, 1.807) is 0 Å². The summed E-state index contributed by atoms with van der Waals surface area (Å²) in [6, 6.07) is -0.912. The first-order valence-electron chi connectivity index (χ1n) is 7.07. The molecule has 4 atom stereocenters. The Bertz CT molecular complexity index is 845. The zero-order valence-corrected chi connectivity index (χ0v) is 12.7. The third-order valence-corrected chi connectivity index (χ3v) is 3.98. The normalized spacial score (nSPS) is 26.8. The quantitative estimate of drug-likeness (QED) is 0.383. The second-order valence-electron chi connectivity index (χ2n) is 5.41. The Balaban J connectivity index is 2.22. The third kappa shape index (κ3) is 2.34. The molecule has 3 rings (SSSR count). The van der Waals surface area contributed by atoms with E-state index in [0.717, 1.165) is 0 Å². The zero-order chi connectivity index (χ0) is 17.6. The summed E-state index contributed by atoms with van der Waals surface area (Å²) in [6.07, 6.45) is -1.68. The average Bonchev–Trinajstić information content (AvgIpc) is 3.06. The number of nitrogen functional groups attached to an aromatic ring is 1. The molecule has 1 saturated heterocycles. The van der Waals surface area contributed by atoms with Crippen LogP contribution in [0.25, 0.3) is 11.0 Å². The molecule has 1 fully saturated rings. The van der Waals surface area contributed by atoms with Crippen LogP contribution < -0.4 is 17.0 Å². The monoisotopic (exact) mass is 339 g/mol. The summed E-state index contributed by atoms with van der Waals surface area (Å²) >= 11 is 0. The molecule has 7 N–H and O–H groups in total. The molecule has 0 aliphatic carbocycles. The van der Waals surface area contributed by atoms with Gasteiger partial charge in [0, 0.05) is 6.20 Å². The SMILES string of the molecule is COC(=O)c1cn([C@@H]2O[C@H](CO)[C@@H](O)[C@@H]2N)c2nc(N)[nH]c(=O)c12. The number of fused-ring (bicyclic) bond motifs is 1. The van der Waals surface area contributed by atoms with Crippen LogP contribution in [0.5, 0.6) is 0 Å². The number of hydrogen-bond donors (Lipinski definition) is 5. The van der Waals surface area contributed by atoms with E-state index in [9.17, 15) is 19.8 Å². The molecular formula is C13H17N5O6. The van der Waals surface area contributed by atoms with Crippen molar-refractivity contribution in [1.82, 2.24) is 14.5 Å². The number of esters is 1. The molecule has 0 bridgehead atoms. The predicted molar refractivity (Wildman–Crippen MR) is 81.1 cm³/mol. The fraction of sp³-hybridized carbons (Fsp3) is 0.462. The van der Waals surface area contributed by atoms with Gasteiger partial charge >= 0.3 is 5.97 Å². The molecule has 3 heterocycles. The Hall–Kier alpha value is -2.47. The number of nitrogens with two attached hydrogens (primary N) is 2. The van der Waals surface area contributed by atoms with Gasteiger partial charge in [-0.05, 0) is 0 Å². The maximum atomic E-state index is 12.2. The van der Waals surface area contributed by atoms with Gasteiger partial charge in [0.05, 0.1) is 30.7 Å². The molecule has 2 aromatic rings. The molecule has 11 heteroatoms. The van der Waals surface area contributed by atoms with Gasteiger partial charge in [-0.2, -0.15) is 4.98 Å². The lowest BCUT2D eigenvalue weighted by atomic mass is 10.1. The lowest BCUT2D eigenvalue weighted by Crippen LogP contribution is -2.39. The Kier molecular flexibility index (Phi) is 4.01. The van der Waals surface area contributed by atoms with Crippen LogP contribution in [-0.2, 0) is 9.47 Å². The van der Waals surface area contributed by atoms with Crippen molar-refractivity contribution in [1.29, 1.82) is 0 Å². The van der Waals surface area contributed by atoms with Gasteiger partial charge in [-0.3, -0.25) is 9.78 Å². The number of rotatable bonds is 3. The number of nitrogens with zero attached hydrogens (tertiary/aromatic N) is 2. The van der Waals surface area contributed by atoms with E-state index in [2.05, 4.69) is 14.7 Å². The van der Waals surface area contributed by atoms with Crippen LogP contribution in [-0.4, -0.2) is 62.7 Å². The zero-order valence-electron chi connectivity index (χ0n) is 12.7. The number of nitrogens with one attached hydrogen (secondary N) is 1. The fourth-order valence-corrected chi connectivity index (χ4v) is 2.80. The smallest absolute Gasteiger partial charge is 0.340 e. The molecule has 130 valence electrons. The first-order chi connectivity index (χ1) is 11.4. The fourth-order valence-electron chi connectivity index (χ4n) is 2.80. The molecule has 11 nitrogen and oxygen atoms in total. The summed E-state index contributed by atoms with van der Waals surface area (Å²) in [5, 5.41) is 19.2. The Morgan fingerprint density at radius 3 is 2.88 bits per heavy atom. The van der Waals surface area contributed by atoms with Gasteiger partial charge in [0.15, 0.2) is 11.9 Å². The number of methoxy groups -OCH3 is 1. The highest BCUT2D eigenvalue weighted by molar-refractivity contribution is 6.03. The van der Waals surface area contributed by atoms with Gasteiger partial charge in [-0.15, -0.1) is 0 Å². The van der Waals surface area contributed by atoms with Gasteiger partial charge in [0.2, 0.25) is 5.95 Å². The van der Waals surface area contributed by atoms with Crippen LogP contribution in [0, 0.1) is 0 Å². The Morgan fingerprint density at radius 1 is 1.58 bits per heavy atom. The van der Waals surface area contributed by atoms with Gasteiger partial charge in [-0.25, -0.2) is 4.79 Å². The van der Waals surface area contributed by atoms with Crippen LogP contribution in [0.15, 0.2) is 11.0 Å². The van der Waals surface area contributed by atoms with Crippen molar-refractivity contribution in [3.63, 3.8) is 0 Å². The lowest BCUT2D eigenvalue weighted by Gasteiger charge is -2.18. The highest BCUT2D eigenvalue weighted by Crippen LogP contribution is 2.31. The number of aliphatic hydroxyl groups excluding tert-OH is 2. The third-order valence-electron chi connectivity index (χ3n) is 3.98. The Morgan fingerprint density at radius 2 is 2.29 bits per heavy atom. The molecule has 1 aliphatic heterocycles. The summed E-state index contributed by atoms with van der Waals surface area (Å²) in [4.78, 5) is 30.5. The van der Waals surface area contributed by atoms with Crippen molar-refractivity contribution in [2.45, 2.75) is 24.5 Å². The molecule has 0 amide bonds. The van der Waals surface area contributed by atoms with Crippen molar-refractivity contribution < 1.29 is 24.5 Å². The molecule has 0 saturated carbocycles. The van der Waals surface area contributed by atoms with E-state index in [0.29, 0.717) is 0 Å². The van der Waals surface area contributed by atoms with Crippen molar-refractivity contribution in [3.05, 3.63) is 22.1 Å². The van der Waals surface area contributed by atoms with Gasteiger partial charge < -0.3 is 35.7 Å². The molecular weight excluding hydrogens is 322 g/mol. The summed E-state index contributed by atoms with van der Waals surface area (Å²) < 4.78 is 11.5. The van der Waals surface area contributed by atoms with Crippen LogP contribution in [0.2, 0.25) is 0 Å². The molecule has 0 spiro atoms. The van der Waals surface area contributed by atoms with E-state index < -0.39 is 42.6 Å². The largest absolute Gasteiger partial charge is 0.465 e.